The molecule has 3 N–H and O–H groups in total. The van der Waals surface area contributed by atoms with E-state index in [1.54, 1.807) is 18.0 Å². The van der Waals surface area contributed by atoms with Crippen molar-refractivity contribution in [2.24, 2.45) is 5.10 Å². The number of aromatic nitrogens is 6. The fraction of sp³-hybridized carbons (Fsp3) is 0.0769. The highest BCUT2D eigenvalue weighted by molar-refractivity contribution is 7.98. The van der Waals surface area contributed by atoms with Crippen molar-refractivity contribution >= 4 is 35.6 Å². The zero-order valence-corrected chi connectivity index (χ0v) is 20.7. The first-order valence-electron chi connectivity index (χ1n) is 11.3. The minimum atomic E-state index is 0.121. The molecule has 0 saturated carbocycles. The van der Waals surface area contributed by atoms with E-state index in [1.807, 2.05) is 84.9 Å². The summed E-state index contributed by atoms with van der Waals surface area (Å²) in [4.78, 5) is 13.0. The second kappa shape index (κ2) is 11.3. The van der Waals surface area contributed by atoms with E-state index in [4.69, 9.17) is 10.5 Å². The van der Waals surface area contributed by atoms with Gasteiger partial charge in [0.15, 0.2) is 5.82 Å². The molecule has 0 aliphatic heterocycles. The van der Waals surface area contributed by atoms with Gasteiger partial charge in [0.05, 0.1) is 19.1 Å². The molecule has 0 unspecified atom stereocenters. The van der Waals surface area contributed by atoms with Crippen LogP contribution in [0.25, 0.3) is 11.4 Å². The Morgan fingerprint density at radius 1 is 0.919 bits per heavy atom. The summed E-state index contributed by atoms with van der Waals surface area (Å²) in [5.74, 6) is 2.74. The molecule has 2 aromatic heterocycles. The molecule has 0 amide bonds. The Morgan fingerprint density at radius 2 is 1.65 bits per heavy atom. The molecule has 5 rings (SSSR count). The molecule has 0 radical (unpaired) electrons. The number of benzene rings is 3. The van der Waals surface area contributed by atoms with Gasteiger partial charge in [-0.1, -0.05) is 72.4 Å². The van der Waals surface area contributed by atoms with Gasteiger partial charge in [0.25, 0.3) is 0 Å². The van der Waals surface area contributed by atoms with Gasteiger partial charge in [-0.05, 0) is 29.8 Å². The van der Waals surface area contributed by atoms with Gasteiger partial charge in [-0.3, -0.25) is 0 Å². The van der Waals surface area contributed by atoms with Gasteiger partial charge in [0.1, 0.15) is 11.6 Å². The Morgan fingerprint density at radius 3 is 2.38 bits per heavy atom. The van der Waals surface area contributed by atoms with Crippen LogP contribution in [0.1, 0.15) is 11.4 Å². The van der Waals surface area contributed by atoms with Gasteiger partial charge in [0, 0.05) is 11.3 Å². The zero-order chi connectivity index (χ0) is 25.5. The quantitative estimate of drug-likeness (QED) is 0.216. The van der Waals surface area contributed by atoms with Crippen molar-refractivity contribution in [1.29, 1.82) is 0 Å². The SMILES string of the molecule is COc1ccc(Nc2nc(N)nc(CSc3nnc(-c4ccccc4)n3/N=C/c3ccccc3)n2)cc1. The maximum atomic E-state index is 5.96. The van der Waals surface area contributed by atoms with Crippen LogP contribution in [-0.2, 0) is 5.75 Å². The summed E-state index contributed by atoms with van der Waals surface area (Å²) < 4.78 is 6.92. The van der Waals surface area contributed by atoms with Crippen LogP contribution < -0.4 is 15.8 Å². The Hall–Kier alpha value is -4.77. The Bertz CT molecular complexity index is 1490. The standard InChI is InChI=1S/C26H23N9OS/c1-36-21-14-12-20(13-15-21)29-25-31-22(30-24(27)32-25)17-37-26-34-33-23(19-10-6-3-7-11-19)35(26)28-16-18-8-4-2-5-9-18/h2-16H,17H2,1H3,(H3,27,29,30,31,32)/b28-16+. The number of nitrogens with zero attached hydrogens (tertiary/aromatic N) is 7. The van der Waals surface area contributed by atoms with Crippen molar-refractivity contribution in [2.45, 2.75) is 10.9 Å². The fourth-order valence-electron chi connectivity index (χ4n) is 3.38. The second-order valence-corrected chi connectivity index (χ2v) is 8.66. The summed E-state index contributed by atoms with van der Waals surface area (Å²) >= 11 is 1.40. The molecule has 0 saturated heterocycles. The number of rotatable bonds is 9. The van der Waals surface area contributed by atoms with E-state index in [9.17, 15) is 0 Å². The maximum Gasteiger partial charge on any atom is 0.232 e. The predicted molar refractivity (Wildman–Crippen MR) is 145 cm³/mol. The van der Waals surface area contributed by atoms with Crippen LogP contribution in [0.3, 0.4) is 0 Å². The molecule has 2 heterocycles. The first kappa shape index (κ1) is 23.9. The van der Waals surface area contributed by atoms with Crippen LogP contribution in [0.5, 0.6) is 5.75 Å². The minimum absolute atomic E-state index is 0.121. The molecule has 0 aliphatic carbocycles. The van der Waals surface area contributed by atoms with E-state index in [-0.39, 0.29) is 5.95 Å². The Kier molecular flexibility index (Phi) is 7.32. The Balaban J connectivity index is 1.38. The highest BCUT2D eigenvalue weighted by Crippen LogP contribution is 2.26. The lowest BCUT2D eigenvalue weighted by Gasteiger charge is -2.08. The van der Waals surface area contributed by atoms with Crippen LogP contribution in [0.4, 0.5) is 17.6 Å². The van der Waals surface area contributed by atoms with Gasteiger partial charge in [-0.2, -0.15) is 24.7 Å². The number of hydrogen-bond donors (Lipinski definition) is 2. The summed E-state index contributed by atoms with van der Waals surface area (Å²) in [5.41, 5.74) is 8.63. The van der Waals surface area contributed by atoms with Crippen molar-refractivity contribution in [2.75, 3.05) is 18.2 Å². The highest BCUT2D eigenvalue weighted by Gasteiger charge is 2.15. The highest BCUT2D eigenvalue weighted by atomic mass is 32.2. The van der Waals surface area contributed by atoms with E-state index < -0.39 is 0 Å². The average molecular weight is 510 g/mol. The molecule has 0 aliphatic rings. The molecule has 0 bridgehead atoms. The number of nitrogens with two attached hydrogens (primary N) is 1. The average Bonchev–Trinajstić information content (AvgIpc) is 3.34. The van der Waals surface area contributed by atoms with Crippen LogP contribution in [0, 0.1) is 0 Å². The summed E-state index contributed by atoms with van der Waals surface area (Å²) in [5, 5.41) is 17.2. The number of thioether (sulfide) groups is 1. The topological polar surface area (TPSA) is 129 Å². The molecule has 5 aromatic rings. The number of ether oxygens (including phenoxy) is 1. The largest absolute Gasteiger partial charge is 0.497 e. The third kappa shape index (κ3) is 6.08. The van der Waals surface area contributed by atoms with E-state index in [1.165, 1.54) is 11.8 Å². The van der Waals surface area contributed by atoms with Crippen molar-refractivity contribution in [1.82, 2.24) is 29.8 Å². The molecule has 11 heteroatoms. The number of hydrogen-bond acceptors (Lipinski definition) is 10. The molecule has 0 fully saturated rings. The van der Waals surface area contributed by atoms with Crippen LogP contribution >= 0.6 is 11.8 Å². The molecule has 3 aromatic carbocycles. The smallest absolute Gasteiger partial charge is 0.232 e. The molecular formula is C26H23N9OS. The van der Waals surface area contributed by atoms with E-state index in [2.05, 4.69) is 35.6 Å². The van der Waals surface area contributed by atoms with Crippen LogP contribution in [0.15, 0.2) is 95.2 Å². The van der Waals surface area contributed by atoms with Gasteiger partial charge in [-0.15, -0.1) is 10.2 Å². The first-order valence-corrected chi connectivity index (χ1v) is 12.3. The molecule has 0 spiro atoms. The lowest BCUT2D eigenvalue weighted by molar-refractivity contribution is 0.415. The van der Waals surface area contributed by atoms with Crippen LogP contribution in [-0.4, -0.2) is 43.1 Å². The van der Waals surface area contributed by atoms with Gasteiger partial charge >= 0.3 is 0 Å². The fourth-order valence-corrected chi connectivity index (χ4v) is 4.12. The third-order valence-corrected chi connectivity index (χ3v) is 6.06. The Labute approximate surface area is 217 Å². The van der Waals surface area contributed by atoms with Gasteiger partial charge in [-0.25, -0.2) is 0 Å². The summed E-state index contributed by atoms with van der Waals surface area (Å²) in [7, 11) is 1.62. The minimum Gasteiger partial charge on any atom is -0.497 e. The van der Waals surface area contributed by atoms with Crippen molar-refractivity contribution in [3.05, 3.63) is 96.3 Å². The molecular weight excluding hydrogens is 486 g/mol. The first-order chi connectivity index (χ1) is 18.2. The lowest BCUT2D eigenvalue weighted by atomic mass is 10.2. The molecule has 0 atom stereocenters. The van der Waals surface area contributed by atoms with Gasteiger partial charge in [0.2, 0.25) is 17.1 Å². The second-order valence-electron chi connectivity index (χ2n) is 7.71. The summed E-state index contributed by atoms with van der Waals surface area (Å²) in [6.07, 6.45) is 1.78. The number of methoxy groups -OCH3 is 1. The number of nitrogens with one attached hydrogen (secondary N) is 1. The van der Waals surface area contributed by atoms with Crippen molar-refractivity contribution < 1.29 is 4.74 Å². The van der Waals surface area contributed by atoms with Crippen LogP contribution in [0.2, 0.25) is 0 Å². The van der Waals surface area contributed by atoms with E-state index in [0.29, 0.717) is 28.5 Å². The molecule has 184 valence electrons. The van der Waals surface area contributed by atoms with Crippen molar-refractivity contribution in [3.8, 4) is 17.1 Å². The molecule has 10 nitrogen and oxygen atoms in total. The van der Waals surface area contributed by atoms with Gasteiger partial charge < -0.3 is 15.8 Å². The maximum absolute atomic E-state index is 5.96. The lowest BCUT2D eigenvalue weighted by Crippen LogP contribution is -2.07. The normalized spacial score (nSPS) is 11.1. The molecule has 37 heavy (non-hydrogen) atoms. The summed E-state index contributed by atoms with van der Waals surface area (Å²) in [6.45, 7) is 0. The van der Waals surface area contributed by atoms with Crippen molar-refractivity contribution in [3.63, 3.8) is 0 Å². The number of anilines is 3. The number of nitrogen functional groups attached to an aromatic ring is 1. The van der Waals surface area contributed by atoms with E-state index in [0.717, 1.165) is 22.6 Å². The monoisotopic (exact) mass is 509 g/mol. The summed E-state index contributed by atoms with van der Waals surface area (Å²) in [6, 6.07) is 27.1. The third-order valence-electron chi connectivity index (χ3n) is 5.14. The van der Waals surface area contributed by atoms with E-state index >= 15 is 0 Å². The zero-order valence-electron chi connectivity index (χ0n) is 19.9. The predicted octanol–water partition coefficient (Wildman–Crippen LogP) is 4.64.